The first-order valence-corrected chi connectivity index (χ1v) is 12.3. The number of fused-ring (bicyclic) bond motifs is 1. The van der Waals surface area contributed by atoms with Crippen LogP contribution in [0.25, 0.3) is 0 Å². The Labute approximate surface area is 215 Å². The molecule has 2 aliphatic rings. The van der Waals surface area contributed by atoms with E-state index in [4.69, 9.17) is 4.74 Å². The maximum atomic E-state index is 14.0. The van der Waals surface area contributed by atoms with E-state index in [0.29, 0.717) is 5.56 Å². The highest BCUT2D eigenvalue weighted by molar-refractivity contribution is 5.98. The summed E-state index contributed by atoms with van der Waals surface area (Å²) in [5, 5.41) is 17.7. The molecule has 0 spiro atoms. The lowest BCUT2D eigenvalue weighted by Crippen LogP contribution is -2.53. The number of hydrazine groups is 1. The highest BCUT2D eigenvalue weighted by Gasteiger charge is 2.68. The number of aliphatic hydroxyl groups is 1. The first-order valence-electron chi connectivity index (χ1n) is 12.3. The second-order valence-electron chi connectivity index (χ2n) is 9.38. The summed E-state index contributed by atoms with van der Waals surface area (Å²) in [7, 11) is 0. The van der Waals surface area contributed by atoms with Crippen molar-refractivity contribution in [1.29, 1.82) is 0 Å². The van der Waals surface area contributed by atoms with Crippen molar-refractivity contribution in [2.45, 2.75) is 37.7 Å². The Kier molecular flexibility index (Phi) is 6.54. The largest absolute Gasteiger partial charge is 0.466 e. The first-order chi connectivity index (χ1) is 17.9. The Bertz CT molecular complexity index is 1280. The van der Waals surface area contributed by atoms with Gasteiger partial charge in [-0.05, 0) is 37.1 Å². The number of amides is 2. The Balaban J connectivity index is 1.65. The van der Waals surface area contributed by atoms with E-state index in [-0.39, 0.29) is 6.61 Å². The van der Waals surface area contributed by atoms with Crippen LogP contribution >= 0.6 is 0 Å². The second-order valence-corrected chi connectivity index (χ2v) is 9.38. The lowest BCUT2D eigenvalue weighted by atomic mass is 9.84. The molecule has 1 unspecified atom stereocenters. The quantitative estimate of drug-likeness (QED) is 0.506. The molecule has 2 aliphatic heterocycles. The molecule has 2 N–H and O–H groups in total. The molecule has 2 saturated heterocycles. The Morgan fingerprint density at radius 2 is 1.41 bits per heavy atom. The van der Waals surface area contributed by atoms with Crippen LogP contribution in [0.3, 0.4) is 0 Å². The number of carbonyl (C=O) groups is 3. The van der Waals surface area contributed by atoms with Gasteiger partial charge in [-0.2, -0.15) is 5.01 Å². The lowest BCUT2D eigenvalue weighted by molar-refractivity contribution is -0.182. The van der Waals surface area contributed by atoms with Crippen LogP contribution in [0.2, 0.25) is 0 Å². The average molecular weight is 500 g/mol. The molecule has 0 aliphatic carbocycles. The minimum absolute atomic E-state index is 0.138. The summed E-state index contributed by atoms with van der Waals surface area (Å²) in [5.74, 6) is -2.58. The van der Waals surface area contributed by atoms with Crippen molar-refractivity contribution in [1.82, 2.24) is 15.3 Å². The molecule has 2 fully saturated rings. The van der Waals surface area contributed by atoms with E-state index in [1.54, 1.807) is 36.2 Å². The Morgan fingerprint density at radius 1 is 0.892 bits per heavy atom. The standard InChI is InChI=1S/C29H29N3O5/c1-3-37-28(35)22-24(19-13-7-4-8-14-19)31-25(20-15-9-5-10-16-20)23(27(34)32(31)29(22,2)36)30-26(33)21-17-11-6-12-18-21/h4-18,22-25,36H,3H2,1-2H3,(H,30,33)/t22-,23+,24-,25+,29?/m0/s1. The van der Waals surface area contributed by atoms with E-state index in [9.17, 15) is 19.5 Å². The molecule has 5 atom stereocenters. The molecule has 0 radical (unpaired) electrons. The zero-order valence-electron chi connectivity index (χ0n) is 20.7. The summed E-state index contributed by atoms with van der Waals surface area (Å²) in [5.41, 5.74) is 0.0216. The number of hydrogen-bond acceptors (Lipinski definition) is 6. The van der Waals surface area contributed by atoms with Crippen molar-refractivity contribution in [3.05, 3.63) is 108 Å². The van der Waals surface area contributed by atoms with Crippen molar-refractivity contribution >= 4 is 17.8 Å². The lowest BCUT2D eigenvalue weighted by Gasteiger charge is -2.33. The van der Waals surface area contributed by atoms with Gasteiger partial charge in [0.15, 0.2) is 5.72 Å². The number of nitrogens with one attached hydrogen (secondary N) is 1. The molecule has 0 saturated carbocycles. The van der Waals surface area contributed by atoms with Crippen LogP contribution in [-0.4, -0.2) is 51.3 Å². The van der Waals surface area contributed by atoms with Crippen LogP contribution in [0.4, 0.5) is 0 Å². The third-order valence-corrected chi connectivity index (χ3v) is 7.07. The van der Waals surface area contributed by atoms with Gasteiger partial charge in [0.1, 0.15) is 12.0 Å². The van der Waals surface area contributed by atoms with E-state index in [1.165, 1.54) is 11.9 Å². The van der Waals surface area contributed by atoms with Gasteiger partial charge >= 0.3 is 5.97 Å². The SMILES string of the molecule is CCOC(=O)[C@@H]1[C@H](c2ccccc2)N2[C@H](c3ccccc3)[C@@H](NC(=O)c3ccccc3)C(=O)N2C1(C)O. The number of carbonyl (C=O) groups excluding carboxylic acids is 3. The Hall–Kier alpha value is -4.01. The van der Waals surface area contributed by atoms with Gasteiger partial charge in [-0.3, -0.25) is 14.4 Å². The van der Waals surface area contributed by atoms with E-state index < -0.39 is 47.6 Å². The van der Waals surface area contributed by atoms with Crippen molar-refractivity contribution < 1.29 is 24.2 Å². The van der Waals surface area contributed by atoms with E-state index in [2.05, 4.69) is 5.32 Å². The van der Waals surface area contributed by atoms with Crippen LogP contribution in [0.5, 0.6) is 0 Å². The molecule has 2 amide bonds. The number of ether oxygens (including phenoxy) is 1. The van der Waals surface area contributed by atoms with Gasteiger partial charge in [-0.1, -0.05) is 78.9 Å². The third kappa shape index (κ3) is 4.18. The van der Waals surface area contributed by atoms with Gasteiger partial charge in [0.05, 0.1) is 18.7 Å². The predicted molar refractivity (Wildman–Crippen MR) is 135 cm³/mol. The summed E-state index contributed by atoms with van der Waals surface area (Å²) in [6, 6.07) is 24.8. The fourth-order valence-corrected chi connectivity index (χ4v) is 5.53. The van der Waals surface area contributed by atoms with Crippen LogP contribution in [0.15, 0.2) is 91.0 Å². The molecule has 0 aromatic heterocycles. The van der Waals surface area contributed by atoms with Crippen molar-refractivity contribution in [3.63, 3.8) is 0 Å². The zero-order valence-corrected chi connectivity index (χ0v) is 20.7. The van der Waals surface area contributed by atoms with Gasteiger partial charge < -0.3 is 15.2 Å². The third-order valence-electron chi connectivity index (χ3n) is 7.07. The molecule has 2 heterocycles. The van der Waals surface area contributed by atoms with E-state index in [1.807, 2.05) is 66.7 Å². The first kappa shape index (κ1) is 24.7. The molecule has 8 heteroatoms. The highest BCUT2D eigenvalue weighted by atomic mass is 16.5. The minimum atomic E-state index is -1.90. The average Bonchev–Trinajstić information content (AvgIpc) is 3.34. The minimum Gasteiger partial charge on any atom is -0.466 e. The fourth-order valence-electron chi connectivity index (χ4n) is 5.53. The van der Waals surface area contributed by atoms with Crippen molar-refractivity contribution in [2.75, 3.05) is 6.61 Å². The van der Waals surface area contributed by atoms with Crippen LogP contribution in [-0.2, 0) is 14.3 Å². The van der Waals surface area contributed by atoms with Crippen LogP contribution < -0.4 is 5.32 Å². The Morgan fingerprint density at radius 3 is 1.95 bits per heavy atom. The van der Waals surface area contributed by atoms with Crippen molar-refractivity contribution in [3.8, 4) is 0 Å². The number of esters is 1. The zero-order chi connectivity index (χ0) is 26.2. The molecule has 190 valence electrons. The van der Waals surface area contributed by atoms with Gasteiger partial charge in [-0.25, -0.2) is 5.01 Å². The smallest absolute Gasteiger partial charge is 0.315 e. The molecule has 3 aromatic carbocycles. The van der Waals surface area contributed by atoms with Gasteiger partial charge in [0, 0.05) is 5.56 Å². The summed E-state index contributed by atoms with van der Waals surface area (Å²) in [6.07, 6.45) is 0. The normalized spacial score (nSPS) is 27.1. The molecule has 3 aromatic rings. The van der Waals surface area contributed by atoms with E-state index >= 15 is 0 Å². The highest BCUT2D eigenvalue weighted by Crippen LogP contribution is 2.55. The van der Waals surface area contributed by atoms with E-state index in [0.717, 1.165) is 11.1 Å². The fraction of sp³-hybridized carbons (Fsp3) is 0.276. The maximum Gasteiger partial charge on any atom is 0.315 e. The van der Waals surface area contributed by atoms with Gasteiger partial charge in [-0.15, -0.1) is 0 Å². The molecule has 5 rings (SSSR count). The molecular formula is C29H29N3O5. The van der Waals surface area contributed by atoms with Crippen molar-refractivity contribution in [2.24, 2.45) is 5.92 Å². The molecular weight excluding hydrogens is 470 g/mol. The molecule has 8 nitrogen and oxygen atoms in total. The van der Waals surface area contributed by atoms with Crippen LogP contribution in [0, 0.1) is 5.92 Å². The van der Waals surface area contributed by atoms with Crippen LogP contribution in [0.1, 0.15) is 47.4 Å². The summed E-state index contributed by atoms with van der Waals surface area (Å²) in [6.45, 7) is 3.29. The predicted octanol–water partition coefficient (Wildman–Crippen LogP) is 3.23. The summed E-state index contributed by atoms with van der Waals surface area (Å²) >= 11 is 0. The van der Waals surface area contributed by atoms with Gasteiger partial charge in [0.25, 0.3) is 11.8 Å². The number of hydrogen-bond donors (Lipinski definition) is 2. The monoisotopic (exact) mass is 499 g/mol. The maximum absolute atomic E-state index is 14.0. The molecule has 0 bridgehead atoms. The van der Waals surface area contributed by atoms with Gasteiger partial charge in [0.2, 0.25) is 0 Å². The number of benzene rings is 3. The number of nitrogens with zero attached hydrogens (tertiary/aromatic N) is 2. The second kappa shape index (κ2) is 9.80. The number of rotatable bonds is 6. The summed E-state index contributed by atoms with van der Waals surface area (Å²) in [4.78, 5) is 40.4. The molecule has 37 heavy (non-hydrogen) atoms. The topological polar surface area (TPSA) is 99.2 Å². The summed E-state index contributed by atoms with van der Waals surface area (Å²) < 4.78 is 5.37.